The van der Waals surface area contributed by atoms with E-state index in [1.165, 1.54) is 4.90 Å². The minimum Gasteiger partial charge on any atom is -0.388 e. The lowest BCUT2D eigenvalue weighted by molar-refractivity contribution is 0.0572. The van der Waals surface area contributed by atoms with Crippen molar-refractivity contribution in [1.29, 1.82) is 0 Å². The number of benzene rings is 1. The number of aliphatic hydroxyl groups is 2. The van der Waals surface area contributed by atoms with Crippen molar-refractivity contribution < 1.29 is 15.0 Å². The van der Waals surface area contributed by atoms with E-state index < -0.39 is 12.2 Å². The predicted octanol–water partition coefficient (Wildman–Crippen LogP) is 0.604. The number of carbonyl (C=O) groups is 1. The predicted molar refractivity (Wildman–Crippen MR) is 73.3 cm³/mol. The lowest BCUT2D eigenvalue weighted by Gasteiger charge is -2.18. The zero-order valence-electron chi connectivity index (χ0n) is 11.3. The Balaban J connectivity index is 2.24. The minimum absolute atomic E-state index is 0.161. The lowest BCUT2D eigenvalue weighted by Crippen LogP contribution is -2.30. The Bertz CT molecular complexity index is 466. The van der Waals surface area contributed by atoms with E-state index in [9.17, 15) is 15.0 Å². The molecule has 5 nitrogen and oxygen atoms in total. The van der Waals surface area contributed by atoms with Crippen LogP contribution in [-0.2, 0) is 0 Å². The number of aliphatic hydroxyl groups excluding tert-OH is 2. The number of likely N-dealkylation sites (tertiary alicyclic amines) is 1. The van der Waals surface area contributed by atoms with Crippen LogP contribution in [0.5, 0.6) is 0 Å². The number of β-amino-alcohol motifs (C(OH)–C–C–N with tert-alkyl or cyclic N) is 2. The third-order valence-electron chi connectivity index (χ3n) is 3.32. The average Bonchev–Trinajstić information content (AvgIpc) is 2.70. The van der Waals surface area contributed by atoms with Crippen molar-refractivity contribution in [3.63, 3.8) is 0 Å². The van der Waals surface area contributed by atoms with Gasteiger partial charge in [-0.1, -0.05) is 6.07 Å². The normalized spacial score (nSPS) is 22.6. The first-order valence-electron chi connectivity index (χ1n) is 6.53. The van der Waals surface area contributed by atoms with Crippen molar-refractivity contribution >= 4 is 11.6 Å². The summed E-state index contributed by atoms with van der Waals surface area (Å²) in [7, 11) is 0. The second-order valence-corrected chi connectivity index (χ2v) is 4.92. The zero-order valence-corrected chi connectivity index (χ0v) is 11.3. The van der Waals surface area contributed by atoms with Crippen molar-refractivity contribution in [3.8, 4) is 0 Å². The van der Waals surface area contributed by atoms with Crippen LogP contribution in [0.2, 0.25) is 0 Å². The Kier molecular flexibility index (Phi) is 4.07. The second kappa shape index (κ2) is 5.59. The van der Waals surface area contributed by atoms with E-state index in [-0.39, 0.29) is 19.0 Å². The molecular weight excluding hydrogens is 244 g/mol. The Morgan fingerprint density at radius 3 is 2.58 bits per heavy atom. The maximum atomic E-state index is 12.4. The molecule has 1 aliphatic rings. The minimum atomic E-state index is -0.850. The third-order valence-corrected chi connectivity index (χ3v) is 3.32. The summed E-state index contributed by atoms with van der Waals surface area (Å²) < 4.78 is 0. The highest BCUT2D eigenvalue weighted by Gasteiger charge is 2.33. The summed E-state index contributed by atoms with van der Waals surface area (Å²) >= 11 is 0. The highest BCUT2D eigenvalue weighted by Crippen LogP contribution is 2.22. The van der Waals surface area contributed by atoms with E-state index in [0.717, 1.165) is 17.8 Å². The zero-order chi connectivity index (χ0) is 14.0. The van der Waals surface area contributed by atoms with Crippen LogP contribution in [0.3, 0.4) is 0 Å². The summed E-state index contributed by atoms with van der Waals surface area (Å²) in [6, 6.07) is 5.60. The number of carbonyl (C=O) groups excluding carboxylic acids is 1. The quantitative estimate of drug-likeness (QED) is 0.747. The molecule has 0 aliphatic carbocycles. The Morgan fingerprint density at radius 1 is 1.37 bits per heavy atom. The number of anilines is 1. The summed E-state index contributed by atoms with van der Waals surface area (Å²) in [5.41, 5.74) is 2.45. The number of hydrogen-bond donors (Lipinski definition) is 3. The number of rotatable bonds is 3. The Labute approximate surface area is 112 Å². The molecule has 2 atom stereocenters. The molecule has 5 heteroatoms. The van der Waals surface area contributed by atoms with Crippen LogP contribution in [-0.4, -0.2) is 52.9 Å². The molecule has 1 amide bonds. The highest BCUT2D eigenvalue weighted by molar-refractivity contribution is 6.00. The maximum Gasteiger partial charge on any atom is 0.256 e. The van der Waals surface area contributed by atoms with E-state index in [1.54, 1.807) is 6.07 Å². The van der Waals surface area contributed by atoms with Gasteiger partial charge in [-0.3, -0.25) is 4.79 Å². The van der Waals surface area contributed by atoms with Gasteiger partial charge in [-0.05, 0) is 31.5 Å². The molecule has 0 bridgehead atoms. The van der Waals surface area contributed by atoms with Gasteiger partial charge in [0, 0.05) is 25.3 Å². The van der Waals surface area contributed by atoms with Crippen LogP contribution in [0.15, 0.2) is 18.2 Å². The molecule has 2 rings (SSSR count). The molecule has 1 heterocycles. The van der Waals surface area contributed by atoms with Crippen LogP contribution >= 0.6 is 0 Å². The van der Waals surface area contributed by atoms with Gasteiger partial charge >= 0.3 is 0 Å². The third kappa shape index (κ3) is 2.88. The molecule has 104 valence electrons. The summed E-state index contributed by atoms with van der Waals surface area (Å²) in [5.74, 6) is -0.161. The Hall–Kier alpha value is -1.59. The molecule has 1 saturated heterocycles. The molecular formula is C14H20N2O3. The van der Waals surface area contributed by atoms with Gasteiger partial charge in [-0.25, -0.2) is 0 Å². The summed E-state index contributed by atoms with van der Waals surface area (Å²) in [6.45, 7) is 5.03. The average molecular weight is 264 g/mol. The van der Waals surface area contributed by atoms with Crippen LogP contribution in [0.1, 0.15) is 22.8 Å². The van der Waals surface area contributed by atoms with Crippen molar-refractivity contribution in [3.05, 3.63) is 29.3 Å². The maximum absolute atomic E-state index is 12.4. The van der Waals surface area contributed by atoms with Crippen molar-refractivity contribution in [1.82, 2.24) is 4.90 Å². The molecule has 0 radical (unpaired) electrons. The molecule has 0 aromatic heterocycles. The van der Waals surface area contributed by atoms with E-state index in [2.05, 4.69) is 5.32 Å². The summed E-state index contributed by atoms with van der Waals surface area (Å²) in [5, 5.41) is 22.2. The van der Waals surface area contributed by atoms with Crippen molar-refractivity contribution in [2.75, 3.05) is 25.0 Å². The molecule has 2 unspecified atom stereocenters. The Morgan fingerprint density at radius 2 is 2.00 bits per heavy atom. The fraction of sp³-hybridized carbons (Fsp3) is 0.500. The largest absolute Gasteiger partial charge is 0.388 e. The smallest absolute Gasteiger partial charge is 0.256 e. The fourth-order valence-electron chi connectivity index (χ4n) is 2.29. The van der Waals surface area contributed by atoms with Crippen LogP contribution < -0.4 is 5.32 Å². The molecule has 19 heavy (non-hydrogen) atoms. The fourth-order valence-corrected chi connectivity index (χ4v) is 2.29. The first-order chi connectivity index (χ1) is 9.02. The molecule has 0 spiro atoms. The molecule has 1 aliphatic heterocycles. The second-order valence-electron chi connectivity index (χ2n) is 4.92. The number of nitrogens with one attached hydrogen (secondary N) is 1. The summed E-state index contributed by atoms with van der Waals surface area (Å²) in [4.78, 5) is 13.9. The molecule has 1 fully saturated rings. The lowest BCUT2D eigenvalue weighted by atomic mass is 10.1. The van der Waals surface area contributed by atoms with Gasteiger partial charge in [-0.15, -0.1) is 0 Å². The number of amides is 1. The van der Waals surface area contributed by atoms with Crippen LogP contribution in [0, 0.1) is 6.92 Å². The van der Waals surface area contributed by atoms with Gasteiger partial charge in [0.1, 0.15) is 0 Å². The van der Waals surface area contributed by atoms with Gasteiger partial charge in [0.2, 0.25) is 0 Å². The standard InChI is InChI=1S/C14H20N2O3/c1-3-15-11-6-9(2)4-5-10(11)14(19)16-7-12(17)13(18)8-16/h4-6,12-13,15,17-18H,3,7-8H2,1-2H3. The number of hydrogen-bond acceptors (Lipinski definition) is 4. The van der Waals surface area contributed by atoms with Gasteiger partial charge < -0.3 is 20.4 Å². The van der Waals surface area contributed by atoms with Gasteiger partial charge in [0.25, 0.3) is 5.91 Å². The highest BCUT2D eigenvalue weighted by atomic mass is 16.3. The first-order valence-corrected chi connectivity index (χ1v) is 6.53. The molecule has 3 N–H and O–H groups in total. The van der Waals surface area contributed by atoms with Gasteiger partial charge in [0.05, 0.1) is 17.8 Å². The first kappa shape index (κ1) is 13.8. The van der Waals surface area contributed by atoms with Crippen LogP contribution in [0.25, 0.3) is 0 Å². The number of aryl methyl sites for hydroxylation is 1. The van der Waals surface area contributed by atoms with Crippen LogP contribution in [0.4, 0.5) is 5.69 Å². The van der Waals surface area contributed by atoms with E-state index >= 15 is 0 Å². The van der Waals surface area contributed by atoms with E-state index in [0.29, 0.717) is 5.56 Å². The van der Waals surface area contributed by atoms with Crippen molar-refractivity contribution in [2.24, 2.45) is 0 Å². The molecule has 1 aromatic carbocycles. The SMILES string of the molecule is CCNc1cc(C)ccc1C(=O)N1CC(O)C(O)C1. The molecule has 0 saturated carbocycles. The topological polar surface area (TPSA) is 72.8 Å². The monoisotopic (exact) mass is 264 g/mol. The molecule has 1 aromatic rings. The number of nitrogens with zero attached hydrogens (tertiary/aromatic N) is 1. The van der Waals surface area contributed by atoms with Crippen molar-refractivity contribution in [2.45, 2.75) is 26.1 Å². The van der Waals surface area contributed by atoms with E-state index in [4.69, 9.17) is 0 Å². The van der Waals surface area contributed by atoms with E-state index in [1.807, 2.05) is 26.0 Å². The van der Waals surface area contributed by atoms with Gasteiger partial charge in [-0.2, -0.15) is 0 Å². The van der Waals surface area contributed by atoms with Gasteiger partial charge in [0.15, 0.2) is 0 Å². The summed E-state index contributed by atoms with van der Waals surface area (Å²) in [6.07, 6.45) is -1.70.